The van der Waals surface area contributed by atoms with E-state index in [9.17, 15) is 4.79 Å². The van der Waals surface area contributed by atoms with Crippen molar-refractivity contribution < 1.29 is 9.21 Å². The topological polar surface area (TPSA) is 64.2 Å². The first kappa shape index (κ1) is 19.2. The zero-order valence-corrected chi connectivity index (χ0v) is 16.7. The molecule has 7 heteroatoms. The van der Waals surface area contributed by atoms with Crippen molar-refractivity contribution in [3.05, 3.63) is 54.0 Å². The van der Waals surface area contributed by atoms with E-state index in [1.54, 1.807) is 6.26 Å². The Morgan fingerprint density at radius 2 is 1.89 bits per heavy atom. The fourth-order valence-electron chi connectivity index (χ4n) is 2.91. The van der Waals surface area contributed by atoms with Crippen molar-refractivity contribution in [1.29, 1.82) is 0 Å². The summed E-state index contributed by atoms with van der Waals surface area (Å²) in [6, 6.07) is 12.1. The van der Waals surface area contributed by atoms with Crippen LogP contribution in [0, 0.1) is 6.92 Å². The van der Waals surface area contributed by atoms with Crippen LogP contribution in [0.5, 0.6) is 0 Å². The lowest BCUT2D eigenvalue weighted by Crippen LogP contribution is -2.31. The Bertz CT molecular complexity index is 885. The summed E-state index contributed by atoms with van der Waals surface area (Å²) in [6.07, 6.45) is 1.66. The van der Waals surface area contributed by atoms with Crippen LogP contribution < -0.4 is 0 Å². The van der Waals surface area contributed by atoms with Crippen LogP contribution in [0.25, 0.3) is 11.4 Å². The minimum Gasteiger partial charge on any atom is -0.469 e. The highest BCUT2D eigenvalue weighted by atomic mass is 32.2. The predicted octanol–water partition coefficient (Wildman–Crippen LogP) is 3.86. The van der Waals surface area contributed by atoms with Crippen molar-refractivity contribution >= 4 is 17.7 Å². The van der Waals surface area contributed by atoms with Crippen LogP contribution in [0.2, 0.25) is 0 Å². The summed E-state index contributed by atoms with van der Waals surface area (Å²) in [4.78, 5) is 14.2. The Morgan fingerprint density at radius 1 is 1.15 bits per heavy atom. The molecule has 0 aliphatic carbocycles. The van der Waals surface area contributed by atoms with Crippen molar-refractivity contribution in [3.63, 3.8) is 0 Å². The van der Waals surface area contributed by atoms with Crippen LogP contribution in [-0.4, -0.2) is 44.4 Å². The number of aryl methyl sites for hydroxylation is 1. The van der Waals surface area contributed by atoms with E-state index in [4.69, 9.17) is 4.42 Å². The van der Waals surface area contributed by atoms with E-state index in [0.29, 0.717) is 25.4 Å². The zero-order chi connectivity index (χ0) is 19.2. The maximum Gasteiger partial charge on any atom is 0.233 e. The number of hydrogen-bond acceptors (Lipinski definition) is 5. The molecule has 0 bridgehead atoms. The second kappa shape index (κ2) is 8.90. The number of carbonyl (C=O) groups is 1. The first-order valence-corrected chi connectivity index (χ1v) is 10.0. The van der Waals surface area contributed by atoms with E-state index in [-0.39, 0.29) is 5.91 Å². The van der Waals surface area contributed by atoms with Gasteiger partial charge < -0.3 is 9.32 Å². The summed E-state index contributed by atoms with van der Waals surface area (Å²) >= 11 is 1.42. The molecule has 0 unspecified atom stereocenters. The lowest BCUT2D eigenvalue weighted by atomic mass is 10.2. The molecular weight excluding hydrogens is 360 g/mol. The zero-order valence-electron chi connectivity index (χ0n) is 15.9. The second-order valence-electron chi connectivity index (χ2n) is 6.12. The highest BCUT2D eigenvalue weighted by Crippen LogP contribution is 2.28. The number of furan rings is 1. The molecule has 0 radical (unpaired) electrons. The molecule has 0 saturated carbocycles. The summed E-state index contributed by atoms with van der Waals surface area (Å²) in [7, 11) is 0. The number of amides is 1. The number of hydrogen-bond donors (Lipinski definition) is 0. The minimum atomic E-state index is 0.111. The van der Waals surface area contributed by atoms with Gasteiger partial charge in [0, 0.05) is 13.1 Å². The van der Waals surface area contributed by atoms with Crippen LogP contribution in [0.15, 0.2) is 52.2 Å². The molecule has 1 amide bonds. The van der Waals surface area contributed by atoms with Crippen LogP contribution in [0.3, 0.4) is 0 Å². The number of rotatable bonds is 8. The largest absolute Gasteiger partial charge is 0.469 e. The van der Waals surface area contributed by atoms with Crippen LogP contribution in [0.1, 0.15) is 25.2 Å². The molecule has 6 nitrogen and oxygen atoms in total. The van der Waals surface area contributed by atoms with Gasteiger partial charge in [-0.05, 0) is 32.4 Å². The summed E-state index contributed by atoms with van der Waals surface area (Å²) in [5, 5.41) is 9.47. The molecule has 0 spiro atoms. The summed E-state index contributed by atoms with van der Waals surface area (Å²) in [6.45, 7) is 7.95. The smallest absolute Gasteiger partial charge is 0.233 e. The van der Waals surface area contributed by atoms with Gasteiger partial charge in [0.25, 0.3) is 0 Å². The molecule has 27 heavy (non-hydrogen) atoms. The van der Waals surface area contributed by atoms with Crippen molar-refractivity contribution in [2.45, 2.75) is 32.5 Å². The third kappa shape index (κ3) is 4.42. The molecule has 3 aromatic rings. The van der Waals surface area contributed by atoms with E-state index < -0.39 is 0 Å². The summed E-state index contributed by atoms with van der Waals surface area (Å²) in [5.41, 5.74) is 2.07. The lowest BCUT2D eigenvalue weighted by molar-refractivity contribution is -0.127. The van der Waals surface area contributed by atoms with Gasteiger partial charge in [0.05, 0.1) is 24.1 Å². The van der Waals surface area contributed by atoms with Gasteiger partial charge in [-0.15, -0.1) is 10.2 Å². The Morgan fingerprint density at radius 3 is 2.52 bits per heavy atom. The molecule has 0 N–H and O–H groups in total. The van der Waals surface area contributed by atoms with Gasteiger partial charge in [-0.3, -0.25) is 9.36 Å². The molecule has 0 atom stereocenters. The molecule has 2 aromatic heterocycles. The third-order valence-electron chi connectivity index (χ3n) is 4.44. The average molecular weight is 385 g/mol. The highest BCUT2D eigenvalue weighted by Gasteiger charge is 2.19. The van der Waals surface area contributed by atoms with Crippen molar-refractivity contribution in [2.24, 2.45) is 0 Å². The Labute approximate surface area is 163 Å². The lowest BCUT2D eigenvalue weighted by Gasteiger charge is -2.18. The normalized spacial score (nSPS) is 10.9. The van der Waals surface area contributed by atoms with Crippen LogP contribution in [-0.2, 0) is 11.3 Å². The number of thioether (sulfide) groups is 1. The summed E-state index contributed by atoms with van der Waals surface area (Å²) in [5.74, 6) is 2.01. The average Bonchev–Trinajstić information content (AvgIpc) is 3.27. The molecule has 2 heterocycles. The first-order chi connectivity index (χ1) is 13.1. The molecule has 3 rings (SSSR count). The quantitative estimate of drug-likeness (QED) is 0.552. The van der Waals surface area contributed by atoms with Gasteiger partial charge in [0.1, 0.15) is 5.76 Å². The van der Waals surface area contributed by atoms with Gasteiger partial charge >= 0.3 is 0 Å². The maximum atomic E-state index is 12.4. The van der Waals surface area contributed by atoms with E-state index in [1.807, 2.05) is 54.5 Å². The SMILES string of the molecule is CCN(CC)C(=O)CSc1nnc(-c2ccoc2C)n1Cc1ccccc1. The Balaban J connectivity index is 1.88. The van der Waals surface area contributed by atoms with Gasteiger partial charge in [-0.25, -0.2) is 0 Å². The molecule has 142 valence electrons. The third-order valence-corrected chi connectivity index (χ3v) is 5.39. The molecular formula is C20H24N4O2S. The number of carbonyl (C=O) groups excluding carboxylic acids is 1. The standard InChI is InChI=1S/C20H24N4O2S/c1-4-23(5-2)18(25)14-27-20-22-21-19(17-11-12-26-15(17)3)24(20)13-16-9-7-6-8-10-16/h6-12H,4-5,13-14H2,1-3H3. The molecule has 0 aliphatic heterocycles. The second-order valence-corrected chi connectivity index (χ2v) is 7.07. The maximum absolute atomic E-state index is 12.4. The molecule has 0 aliphatic rings. The molecule has 1 aromatic carbocycles. The summed E-state index contributed by atoms with van der Waals surface area (Å²) < 4.78 is 7.49. The first-order valence-electron chi connectivity index (χ1n) is 9.06. The highest BCUT2D eigenvalue weighted by molar-refractivity contribution is 7.99. The molecule has 0 saturated heterocycles. The van der Waals surface area contributed by atoms with Gasteiger partial charge in [-0.2, -0.15) is 0 Å². The molecule has 0 fully saturated rings. The predicted molar refractivity (Wildman–Crippen MR) is 107 cm³/mol. The fraction of sp³-hybridized carbons (Fsp3) is 0.350. The van der Waals surface area contributed by atoms with Crippen LogP contribution in [0.4, 0.5) is 0 Å². The van der Waals surface area contributed by atoms with Crippen molar-refractivity contribution in [3.8, 4) is 11.4 Å². The van der Waals surface area contributed by atoms with Gasteiger partial charge in [-0.1, -0.05) is 42.1 Å². The van der Waals surface area contributed by atoms with E-state index in [0.717, 1.165) is 27.9 Å². The number of aromatic nitrogens is 3. The van der Waals surface area contributed by atoms with E-state index in [2.05, 4.69) is 22.3 Å². The van der Waals surface area contributed by atoms with Crippen molar-refractivity contribution in [2.75, 3.05) is 18.8 Å². The van der Waals surface area contributed by atoms with E-state index >= 15 is 0 Å². The van der Waals surface area contributed by atoms with Gasteiger partial charge in [0.15, 0.2) is 11.0 Å². The Hall–Kier alpha value is -2.54. The van der Waals surface area contributed by atoms with E-state index in [1.165, 1.54) is 11.8 Å². The number of nitrogens with zero attached hydrogens (tertiary/aromatic N) is 4. The monoisotopic (exact) mass is 384 g/mol. The fourth-order valence-corrected chi connectivity index (χ4v) is 3.75. The minimum absolute atomic E-state index is 0.111. The van der Waals surface area contributed by atoms with Gasteiger partial charge in [0.2, 0.25) is 5.91 Å². The van der Waals surface area contributed by atoms with Crippen LogP contribution >= 0.6 is 11.8 Å². The Kier molecular flexibility index (Phi) is 6.34. The van der Waals surface area contributed by atoms with Crippen molar-refractivity contribution in [1.82, 2.24) is 19.7 Å². The number of benzene rings is 1.